The Kier molecular flexibility index (Phi) is 3.93. The zero-order valence-corrected chi connectivity index (χ0v) is 11.7. The minimum Gasteiger partial charge on any atom is -0.370 e. The predicted octanol–water partition coefficient (Wildman–Crippen LogP) is 3.10. The number of rotatable bonds is 4. The number of non-ortho nitro benzene ring substituents is 1. The van der Waals surface area contributed by atoms with Crippen LogP contribution >= 0.6 is 0 Å². The van der Waals surface area contributed by atoms with Gasteiger partial charge in [0.2, 0.25) is 0 Å². The third-order valence-electron chi connectivity index (χ3n) is 2.93. The topological polar surface area (TPSA) is 81.0 Å². The number of aryl methyl sites for hydroxylation is 1. The van der Waals surface area contributed by atoms with Crippen molar-refractivity contribution in [3.8, 4) is 11.3 Å². The molecule has 6 nitrogen and oxygen atoms in total. The molecule has 20 heavy (non-hydrogen) atoms. The number of nitro benzene ring substituents is 1. The first-order chi connectivity index (χ1) is 9.52. The van der Waals surface area contributed by atoms with Crippen molar-refractivity contribution in [2.45, 2.75) is 20.8 Å². The SMILES string of the molecule is CCNc1nc(C)nc(-c2cccc([N+](=O)[O-])c2)c1C. The number of anilines is 1. The van der Waals surface area contributed by atoms with Crippen molar-refractivity contribution >= 4 is 11.5 Å². The van der Waals surface area contributed by atoms with Gasteiger partial charge in [0.1, 0.15) is 11.6 Å². The number of hydrogen-bond donors (Lipinski definition) is 1. The summed E-state index contributed by atoms with van der Waals surface area (Å²) in [6, 6.07) is 6.48. The number of nitro groups is 1. The Morgan fingerprint density at radius 2 is 2.05 bits per heavy atom. The van der Waals surface area contributed by atoms with Crippen LogP contribution in [0.3, 0.4) is 0 Å². The molecule has 2 aromatic rings. The molecule has 2 rings (SSSR count). The van der Waals surface area contributed by atoms with E-state index in [1.165, 1.54) is 12.1 Å². The van der Waals surface area contributed by atoms with Crippen LogP contribution in [0.1, 0.15) is 18.3 Å². The van der Waals surface area contributed by atoms with E-state index < -0.39 is 4.92 Å². The fraction of sp³-hybridized carbons (Fsp3) is 0.286. The Balaban J connectivity index is 2.57. The highest BCUT2D eigenvalue weighted by Gasteiger charge is 2.13. The zero-order valence-electron chi connectivity index (χ0n) is 11.7. The van der Waals surface area contributed by atoms with Gasteiger partial charge in [0.15, 0.2) is 0 Å². The monoisotopic (exact) mass is 272 g/mol. The van der Waals surface area contributed by atoms with E-state index in [2.05, 4.69) is 15.3 Å². The van der Waals surface area contributed by atoms with Crippen molar-refractivity contribution in [2.75, 3.05) is 11.9 Å². The Labute approximate surface area is 117 Å². The zero-order chi connectivity index (χ0) is 14.7. The maximum Gasteiger partial charge on any atom is 0.270 e. The molecule has 1 N–H and O–H groups in total. The van der Waals surface area contributed by atoms with Crippen LogP contribution in [-0.4, -0.2) is 21.4 Å². The van der Waals surface area contributed by atoms with Crippen molar-refractivity contribution in [3.05, 3.63) is 45.8 Å². The molecule has 1 aromatic heterocycles. The van der Waals surface area contributed by atoms with E-state index in [1.54, 1.807) is 13.0 Å². The fourth-order valence-corrected chi connectivity index (χ4v) is 2.02. The highest BCUT2D eigenvalue weighted by atomic mass is 16.6. The van der Waals surface area contributed by atoms with Gasteiger partial charge in [-0.3, -0.25) is 10.1 Å². The van der Waals surface area contributed by atoms with Gasteiger partial charge in [-0.2, -0.15) is 0 Å². The molecule has 0 unspecified atom stereocenters. The molecular formula is C14H16N4O2. The molecule has 0 saturated carbocycles. The molecule has 6 heteroatoms. The first-order valence-electron chi connectivity index (χ1n) is 6.37. The normalized spacial score (nSPS) is 10.3. The van der Waals surface area contributed by atoms with Gasteiger partial charge >= 0.3 is 0 Å². The molecule has 0 bridgehead atoms. The van der Waals surface area contributed by atoms with Gasteiger partial charge in [0.25, 0.3) is 5.69 Å². The van der Waals surface area contributed by atoms with Crippen LogP contribution < -0.4 is 5.32 Å². The highest BCUT2D eigenvalue weighted by molar-refractivity contribution is 5.70. The molecule has 0 fully saturated rings. The third kappa shape index (κ3) is 2.74. The molecule has 0 saturated heterocycles. The second-order valence-corrected chi connectivity index (χ2v) is 4.43. The van der Waals surface area contributed by atoms with E-state index in [0.717, 1.165) is 29.2 Å². The molecule has 1 heterocycles. The standard InChI is InChI=1S/C14H16N4O2/c1-4-15-14-9(2)13(16-10(3)17-14)11-6-5-7-12(8-11)18(19)20/h5-8H,4H2,1-3H3,(H,15,16,17). The van der Waals surface area contributed by atoms with Crippen LogP contribution in [0.25, 0.3) is 11.3 Å². The van der Waals surface area contributed by atoms with Gasteiger partial charge in [-0.15, -0.1) is 0 Å². The van der Waals surface area contributed by atoms with Crippen LogP contribution in [0.5, 0.6) is 0 Å². The molecule has 0 radical (unpaired) electrons. The van der Waals surface area contributed by atoms with E-state index in [-0.39, 0.29) is 5.69 Å². The van der Waals surface area contributed by atoms with Crippen molar-refractivity contribution in [1.29, 1.82) is 0 Å². The smallest absolute Gasteiger partial charge is 0.270 e. The summed E-state index contributed by atoms with van der Waals surface area (Å²) in [7, 11) is 0. The lowest BCUT2D eigenvalue weighted by Gasteiger charge is -2.12. The van der Waals surface area contributed by atoms with E-state index in [9.17, 15) is 10.1 Å². The van der Waals surface area contributed by atoms with Crippen molar-refractivity contribution in [3.63, 3.8) is 0 Å². The number of aromatic nitrogens is 2. The molecule has 0 amide bonds. The highest BCUT2D eigenvalue weighted by Crippen LogP contribution is 2.28. The maximum absolute atomic E-state index is 10.9. The molecule has 104 valence electrons. The van der Waals surface area contributed by atoms with E-state index >= 15 is 0 Å². The lowest BCUT2D eigenvalue weighted by Crippen LogP contribution is -2.06. The molecular weight excluding hydrogens is 256 g/mol. The lowest BCUT2D eigenvalue weighted by molar-refractivity contribution is -0.384. The fourth-order valence-electron chi connectivity index (χ4n) is 2.02. The second-order valence-electron chi connectivity index (χ2n) is 4.43. The average Bonchev–Trinajstić information content (AvgIpc) is 2.43. The first kappa shape index (κ1) is 13.9. The third-order valence-corrected chi connectivity index (χ3v) is 2.93. The van der Waals surface area contributed by atoms with Gasteiger partial charge < -0.3 is 5.32 Å². The van der Waals surface area contributed by atoms with Gasteiger partial charge in [-0.05, 0) is 20.8 Å². The summed E-state index contributed by atoms with van der Waals surface area (Å²) in [4.78, 5) is 19.2. The van der Waals surface area contributed by atoms with E-state index in [1.807, 2.05) is 19.9 Å². The largest absolute Gasteiger partial charge is 0.370 e. The van der Waals surface area contributed by atoms with Crippen molar-refractivity contribution < 1.29 is 4.92 Å². The minimum absolute atomic E-state index is 0.0585. The van der Waals surface area contributed by atoms with Crippen LogP contribution in [0.15, 0.2) is 24.3 Å². The Morgan fingerprint density at radius 1 is 1.30 bits per heavy atom. The number of nitrogens with zero attached hydrogens (tertiary/aromatic N) is 3. The maximum atomic E-state index is 10.9. The summed E-state index contributed by atoms with van der Waals surface area (Å²) >= 11 is 0. The van der Waals surface area contributed by atoms with Crippen molar-refractivity contribution in [2.24, 2.45) is 0 Å². The second kappa shape index (κ2) is 5.64. The summed E-state index contributed by atoms with van der Waals surface area (Å²) in [6.07, 6.45) is 0. The van der Waals surface area contributed by atoms with Crippen LogP contribution in [0, 0.1) is 24.0 Å². The molecule has 0 aliphatic rings. The summed E-state index contributed by atoms with van der Waals surface area (Å²) in [5.74, 6) is 1.40. The Bertz CT molecular complexity index is 656. The van der Waals surface area contributed by atoms with Gasteiger partial charge in [-0.1, -0.05) is 12.1 Å². The van der Waals surface area contributed by atoms with Gasteiger partial charge in [-0.25, -0.2) is 9.97 Å². The molecule has 0 aliphatic carbocycles. The van der Waals surface area contributed by atoms with Gasteiger partial charge in [0, 0.05) is 29.8 Å². The number of nitrogens with one attached hydrogen (secondary N) is 1. The van der Waals surface area contributed by atoms with Crippen LogP contribution in [-0.2, 0) is 0 Å². The van der Waals surface area contributed by atoms with E-state index in [4.69, 9.17) is 0 Å². The summed E-state index contributed by atoms with van der Waals surface area (Å²) in [5.41, 5.74) is 2.39. The van der Waals surface area contributed by atoms with Gasteiger partial charge in [0.05, 0.1) is 10.6 Å². The first-order valence-corrected chi connectivity index (χ1v) is 6.37. The lowest BCUT2D eigenvalue weighted by atomic mass is 10.1. The minimum atomic E-state index is -0.405. The van der Waals surface area contributed by atoms with Crippen LogP contribution in [0.4, 0.5) is 11.5 Å². The molecule has 0 spiro atoms. The summed E-state index contributed by atoms with van der Waals surface area (Å²) in [5, 5.41) is 14.0. The quantitative estimate of drug-likeness (QED) is 0.683. The molecule has 0 atom stereocenters. The molecule has 1 aromatic carbocycles. The van der Waals surface area contributed by atoms with Crippen LogP contribution in [0.2, 0.25) is 0 Å². The van der Waals surface area contributed by atoms with Crippen molar-refractivity contribution in [1.82, 2.24) is 9.97 Å². The summed E-state index contributed by atoms with van der Waals surface area (Å²) < 4.78 is 0. The Morgan fingerprint density at radius 3 is 2.70 bits per heavy atom. The number of benzene rings is 1. The number of hydrogen-bond acceptors (Lipinski definition) is 5. The average molecular weight is 272 g/mol. The Hall–Kier alpha value is -2.50. The molecule has 0 aliphatic heterocycles. The summed E-state index contributed by atoms with van der Waals surface area (Å²) in [6.45, 7) is 6.46. The van der Waals surface area contributed by atoms with E-state index in [0.29, 0.717) is 5.82 Å². The predicted molar refractivity (Wildman–Crippen MR) is 77.8 cm³/mol.